The molecule has 2 aliphatic rings. The SMILES string of the molecule is CCC(C)C1NC(CC)N(CC2(CC)CC2)C1=O. The average Bonchev–Trinajstić information content (AvgIpc) is 3.10. The molecule has 1 N–H and O–H groups in total. The van der Waals surface area contributed by atoms with Crippen LogP contribution >= 0.6 is 0 Å². The third-order valence-electron chi connectivity index (χ3n) is 5.11. The maximum absolute atomic E-state index is 12.6. The van der Waals surface area contributed by atoms with Crippen molar-refractivity contribution in [1.82, 2.24) is 10.2 Å². The number of carbonyl (C=O) groups excluding carboxylic acids is 1. The first-order chi connectivity index (χ1) is 8.56. The molecule has 3 nitrogen and oxygen atoms in total. The van der Waals surface area contributed by atoms with Crippen molar-refractivity contribution in [2.45, 2.75) is 72.0 Å². The topological polar surface area (TPSA) is 32.3 Å². The minimum Gasteiger partial charge on any atom is -0.325 e. The molecule has 1 aliphatic carbocycles. The van der Waals surface area contributed by atoms with Crippen molar-refractivity contribution >= 4 is 5.91 Å². The largest absolute Gasteiger partial charge is 0.325 e. The number of rotatable bonds is 6. The fourth-order valence-electron chi connectivity index (χ4n) is 3.03. The van der Waals surface area contributed by atoms with Crippen LogP contribution < -0.4 is 5.32 Å². The van der Waals surface area contributed by atoms with Crippen LogP contribution in [0, 0.1) is 11.3 Å². The molecular weight excluding hydrogens is 224 g/mol. The summed E-state index contributed by atoms with van der Waals surface area (Å²) < 4.78 is 0. The molecule has 1 aliphatic heterocycles. The van der Waals surface area contributed by atoms with Crippen LogP contribution in [0.4, 0.5) is 0 Å². The van der Waals surface area contributed by atoms with E-state index in [1.807, 2.05) is 0 Å². The highest BCUT2D eigenvalue weighted by atomic mass is 16.2. The number of carbonyl (C=O) groups is 1. The van der Waals surface area contributed by atoms with Crippen molar-refractivity contribution in [3.8, 4) is 0 Å². The van der Waals surface area contributed by atoms with Gasteiger partial charge in [0, 0.05) is 6.54 Å². The lowest BCUT2D eigenvalue weighted by Crippen LogP contribution is -2.40. The summed E-state index contributed by atoms with van der Waals surface area (Å²) in [5.74, 6) is 0.782. The molecule has 2 fully saturated rings. The number of nitrogens with one attached hydrogen (secondary N) is 1. The fourth-order valence-corrected chi connectivity index (χ4v) is 3.03. The molecule has 3 heteroatoms. The molecule has 0 aromatic carbocycles. The zero-order valence-corrected chi connectivity index (χ0v) is 12.3. The monoisotopic (exact) mass is 252 g/mol. The van der Waals surface area contributed by atoms with Gasteiger partial charge in [-0.3, -0.25) is 10.1 Å². The minimum atomic E-state index is 0.0487. The molecule has 1 saturated heterocycles. The van der Waals surface area contributed by atoms with Crippen molar-refractivity contribution < 1.29 is 4.79 Å². The molecule has 0 bridgehead atoms. The third-order valence-corrected chi connectivity index (χ3v) is 5.11. The van der Waals surface area contributed by atoms with Gasteiger partial charge in [0.1, 0.15) is 0 Å². The second-order valence-electron chi connectivity index (χ2n) is 6.27. The molecule has 1 amide bonds. The van der Waals surface area contributed by atoms with Crippen molar-refractivity contribution in [1.29, 1.82) is 0 Å². The van der Waals surface area contributed by atoms with E-state index >= 15 is 0 Å². The van der Waals surface area contributed by atoms with E-state index in [2.05, 4.69) is 37.9 Å². The van der Waals surface area contributed by atoms with Crippen LogP contribution in [-0.2, 0) is 4.79 Å². The van der Waals surface area contributed by atoms with Gasteiger partial charge in [-0.2, -0.15) is 0 Å². The van der Waals surface area contributed by atoms with E-state index in [1.54, 1.807) is 0 Å². The molecule has 0 radical (unpaired) electrons. The second-order valence-corrected chi connectivity index (χ2v) is 6.27. The van der Waals surface area contributed by atoms with E-state index in [1.165, 1.54) is 19.3 Å². The lowest BCUT2D eigenvalue weighted by molar-refractivity contribution is -0.131. The van der Waals surface area contributed by atoms with Crippen molar-refractivity contribution in [2.75, 3.05) is 6.54 Å². The second kappa shape index (κ2) is 5.20. The summed E-state index contributed by atoms with van der Waals surface area (Å²) in [4.78, 5) is 14.7. The Kier molecular flexibility index (Phi) is 4.00. The summed E-state index contributed by atoms with van der Waals surface area (Å²) >= 11 is 0. The lowest BCUT2D eigenvalue weighted by Gasteiger charge is -2.27. The Bertz CT molecular complexity index is 312. The number of hydrogen-bond donors (Lipinski definition) is 1. The number of hydrogen-bond acceptors (Lipinski definition) is 2. The van der Waals surface area contributed by atoms with Crippen LogP contribution in [0.5, 0.6) is 0 Å². The molecule has 104 valence electrons. The normalized spacial score (nSPS) is 31.8. The van der Waals surface area contributed by atoms with Gasteiger partial charge in [0.25, 0.3) is 0 Å². The van der Waals surface area contributed by atoms with E-state index in [4.69, 9.17) is 0 Å². The maximum atomic E-state index is 12.6. The minimum absolute atomic E-state index is 0.0487. The van der Waals surface area contributed by atoms with Gasteiger partial charge in [-0.1, -0.05) is 34.1 Å². The summed E-state index contributed by atoms with van der Waals surface area (Å²) in [7, 11) is 0. The average molecular weight is 252 g/mol. The summed E-state index contributed by atoms with van der Waals surface area (Å²) in [5.41, 5.74) is 0.453. The molecule has 2 rings (SSSR count). The maximum Gasteiger partial charge on any atom is 0.241 e. The van der Waals surface area contributed by atoms with Crippen LogP contribution in [0.1, 0.15) is 59.8 Å². The predicted molar refractivity (Wildman–Crippen MR) is 74.1 cm³/mol. The van der Waals surface area contributed by atoms with Crippen molar-refractivity contribution in [3.63, 3.8) is 0 Å². The Balaban J connectivity index is 2.06. The highest BCUT2D eigenvalue weighted by Crippen LogP contribution is 2.49. The molecule has 1 saturated carbocycles. The fraction of sp³-hybridized carbons (Fsp3) is 0.933. The van der Waals surface area contributed by atoms with Crippen LogP contribution in [0.2, 0.25) is 0 Å². The van der Waals surface area contributed by atoms with Gasteiger partial charge in [0.2, 0.25) is 5.91 Å². The Morgan fingerprint density at radius 1 is 1.39 bits per heavy atom. The molecular formula is C15H28N2O. The van der Waals surface area contributed by atoms with Gasteiger partial charge in [0.15, 0.2) is 0 Å². The van der Waals surface area contributed by atoms with Crippen molar-refractivity contribution in [3.05, 3.63) is 0 Å². The molecule has 0 aromatic heterocycles. The molecule has 0 aromatic rings. The van der Waals surface area contributed by atoms with E-state index < -0.39 is 0 Å². The quantitative estimate of drug-likeness (QED) is 0.788. The smallest absolute Gasteiger partial charge is 0.241 e. The van der Waals surface area contributed by atoms with Crippen molar-refractivity contribution in [2.24, 2.45) is 11.3 Å². The summed E-state index contributed by atoms with van der Waals surface area (Å²) in [6, 6.07) is 0.0487. The first-order valence-corrected chi connectivity index (χ1v) is 7.63. The zero-order valence-electron chi connectivity index (χ0n) is 12.3. The van der Waals surface area contributed by atoms with Crippen LogP contribution in [0.3, 0.4) is 0 Å². The van der Waals surface area contributed by atoms with Gasteiger partial charge >= 0.3 is 0 Å². The lowest BCUT2D eigenvalue weighted by atomic mass is 9.98. The standard InChI is InChI=1S/C15H28N2O/c1-5-11(4)13-14(18)17(12(6-2)16-13)10-15(7-3)8-9-15/h11-13,16H,5-10H2,1-4H3. The molecule has 0 spiro atoms. The van der Waals surface area contributed by atoms with E-state index in [0.717, 1.165) is 19.4 Å². The van der Waals surface area contributed by atoms with Gasteiger partial charge in [-0.25, -0.2) is 0 Å². The first kappa shape index (κ1) is 13.9. The number of amides is 1. The predicted octanol–water partition coefficient (Wildman–Crippen LogP) is 2.76. The Hall–Kier alpha value is -0.570. The Morgan fingerprint density at radius 2 is 2.06 bits per heavy atom. The van der Waals surface area contributed by atoms with Gasteiger partial charge in [0.05, 0.1) is 12.2 Å². The third kappa shape index (κ3) is 2.42. The Labute approximate surface area is 111 Å². The van der Waals surface area contributed by atoms with E-state index in [9.17, 15) is 4.79 Å². The van der Waals surface area contributed by atoms with Crippen LogP contribution in [-0.4, -0.2) is 29.6 Å². The number of nitrogens with zero attached hydrogens (tertiary/aromatic N) is 1. The molecule has 3 atom stereocenters. The van der Waals surface area contributed by atoms with Gasteiger partial charge in [-0.05, 0) is 37.0 Å². The molecule has 18 heavy (non-hydrogen) atoms. The highest BCUT2D eigenvalue weighted by molar-refractivity contribution is 5.84. The summed E-state index contributed by atoms with van der Waals surface area (Å²) in [5, 5.41) is 3.54. The van der Waals surface area contributed by atoms with Crippen LogP contribution in [0.25, 0.3) is 0 Å². The van der Waals surface area contributed by atoms with Gasteiger partial charge in [-0.15, -0.1) is 0 Å². The summed E-state index contributed by atoms with van der Waals surface area (Å²) in [6.07, 6.45) is 6.15. The zero-order chi connectivity index (χ0) is 13.3. The molecule has 1 heterocycles. The van der Waals surface area contributed by atoms with E-state index in [0.29, 0.717) is 17.2 Å². The summed E-state index contributed by atoms with van der Waals surface area (Å²) in [6.45, 7) is 9.74. The van der Waals surface area contributed by atoms with Gasteiger partial charge < -0.3 is 4.90 Å². The molecule has 3 unspecified atom stereocenters. The first-order valence-electron chi connectivity index (χ1n) is 7.63. The highest BCUT2D eigenvalue weighted by Gasteiger charge is 2.48. The van der Waals surface area contributed by atoms with Crippen LogP contribution in [0.15, 0.2) is 0 Å². The Morgan fingerprint density at radius 3 is 2.50 bits per heavy atom. The van der Waals surface area contributed by atoms with E-state index in [-0.39, 0.29) is 12.2 Å².